The first kappa shape index (κ1) is 18.9. The third-order valence-corrected chi connectivity index (χ3v) is 6.07. The molecule has 1 atom stereocenters. The Morgan fingerprint density at radius 3 is 2.77 bits per heavy atom. The fourth-order valence-corrected chi connectivity index (χ4v) is 4.49. The standard InChI is InChI=1S/C23H22N2O4S/c26-23(16-3-6-19(7-4-16)29-13-18-14-30-15-24-18)25-9-1-2-20(25)17-5-8-21-22(12-17)28-11-10-27-21/h3-8,12,14-15,20H,1-2,9-11,13H2. The molecule has 3 heterocycles. The predicted octanol–water partition coefficient (Wildman–Crippen LogP) is 4.47. The third-order valence-electron chi connectivity index (χ3n) is 5.44. The van der Waals surface area contributed by atoms with E-state index in [0.29, 0.717) is 25.4 Å². The molecule has 1 fully saturated rings. The van der Waals surface area contributed by atoms with Crippen LogP contribution in [0.5, 0.6) is 17.2 Å². The van der Waals surface area contributed by atoms with Crippen LogP contribution in [0.3, 0.4) is 0 Å². The number of amides is 1. The van der Waals surface area contributed by atoms with E-state index in [9.17, 15) is 4.79 Å². The SMILES string of the molecule is O=C(c1ccc(OCc2cscn2)cc1)N1CCCC1c1ccc2c(c1)OCCO2. The minimum atomic E-state index is 0.0402. The van der Waals surface area contributed by atoms with Crippen LogP contribution >= 0.6 is 11.3 Å². The van der Waals surface area contributed by atoms with Gasteiger partial charge in [-0.3, -0.25) is 4.79 Å². The summed E-state index contributed by atoms with van der Waals surface area (Å²) in [7, 11) is 0. The highest BCUT2D eigenvalue weighted by atomic mass is 32.1. The molecule has 1 unspecified atom stereocenters. The van der Waals surface area contributed by atoms with Gasteiger partial charge in [-0.05, 0) is 54.8 Å². The summed E-state index contributed by atoms with van der Waals surface area (Å²) in [6, 6.07) is 13.4. The molecule has 30 heavy (non-hydrogen) atoms. The monoisotopic (exact) mass is 422 g/mol. The number of hydrogen-bond acceptors (Lipinski definition) is 6. The van der Waals surface area contributed by atoms with E-state index in [2.05, 4.69) is 4.98 Å². The molecule has 154 valence electrons. The first-order valence-electron chi connectivity index (χ1n) is 10.1. The predicted molar refractivity (Wildman–Crippen MR) is 113 cm³/mol. The van der Waals surface area contributed by atoms with Crippen LogP contribution in [0.15, 0.2) is 53.4 Å². The number of rotatable bonds is 5. The summed E-state index contributed by atoms with van der Waals surface area (Å²) >= 11 is 1.54. The van der Waals surface area contributed by atoms with Gasteiger partial charge in [0, 0.05) is 17.5 Å². The summed E-state index contributed by atoms with van der Waals surface area (Å²) in [5.74, 6) is 2.30. The van der Waals surface area contributed by atoms with E-state index in [1.807, 2.05) is 52.7 Å². The molecule has 0 bridgehead atoms. The summed E-state index contributed by atoms with van der Waals surface area (Å²) in [6.45, 7) is 2.31. The number of nitrogens with zero attached hydrogens (tertiary/aromatic N) is 2. The van der Waals surface area contributed by atoms with Crippen molar-refractivity contribution < 1.29 is 19.0 Å². The normalized spacial score (nSPS) is 17.7. The topological polar surface area (TPSA) is 60.9 Å². The van der Waals surface area contributed by atoms with Crippen molar-refractivity contribution in [1.82, 2.24) is 9.88 Å². The van der Waals surface area contributed by atoms with Gasteiger partial charge in [0.25, 0.3) is 5.91 Å². The number of ether oxygens (including phenoxy) is 3. The Morgan fingerprint density at radius 1 is 1.13 bits per heavy atom. The van der Waals surface area contributed by atoms with E-state index in [-0.39, 0.29) is 11.9 Å². The quantitative estimate of drug-likeness (QED) is 0.607. The highest BCUT2D eigenvalue weighted by molar-refractivity contribution is 7.07. The number of hydrogen-bond donors (Lipinski definition) is 0. The molecule has 1 amide bonds. The van der Waals surface area contributed by atoms with Crippen molar-refractivity contribution in [2.24, 2.45) is 0 Å². The average molecular weight is 423 g/mol. The Kier molecular flexibility index (Phi) is 5.27. The molecular weight excluding hydrogens is 400 g/mol. The molecule has 0 spiro atoms. The van der Waals surface area contributed by atoms with Gasteiger partial charge in [0.05, 0.1) is 17.2 Å². The Bertz CT molecular complexity index is 1020. The molecule has 2 aliphatic rings. The molecule has 0 radical (unpaired) electrons. The molecule has 3 aromatic rings. The maximum atomic E-state index is 13.2. The first-order chi connectivity index (χ1) is 14.8. The Balaban J connectivity index is 1.29. The van der Waals surface area contributed by atoms with Crippen molar-refractivity contribution in [3.05, 3.63) is 70.2 Å². The number of carbonyl (C=O) groups is 1. The fourth-order valence-electron chi connectivity index (χ4n) is 3.95. The Hall–Kier alpha value is -3.06. The molecule has 5 rings (SSSR count). The number of thiazole rings is 1. The Labute approximate surface area is 179 Å². The van der Waals surface area contributed by atoms with Gasteiger partial charge in [0.1, 0.15) is 25.6 Å². The maximum absolute atomic E-state index is 13.2. The van der Waals surface area contributed by atoms with Gasteiger partial charge in [0.2, 0.25) is 0 Å². The summed E-state index contributed by atoms with van der Waals surface area (Å²) in [6.07, 6.45) is 1.93. The lowest BCUT2D eigenvalue weighted by Crippen LogP contribution is -2.30. The van der Waals surface area contributed by atoms with Gasteiger partial charge in [-0.2, -0.15) is 0 Å². The number of likely N-dealkylation sites (tertiary alicyclic amines) is 1. The smallest absolute Gasteiger partial charge is 0.254 e. The zero-order chi connectivity index (χ0) is 20.3. The van der Waals surface area contributed by atoms with Gasteiger partial charge in [-0.15, -0.1) is 11.3 Å². The summed E-state index contributed by atoms with van der Waals surface area (Å²) in [5, 5.41) is 1.96. The van der Waals surface area contributed by atoms with Crippen LogP contribution in [0.1, 0.15) is 40.5 Å². The third kappa shape index (κ3) is 3.85. The molecule has 0 N–H and O–H groups in total. The van der Waals surface area contributed by atoms with Crippen LogP contribution in [0, 0.1) is 0 Å². The van der Waals surface area contributed by atoms with Crippen LogP contribution in [-0.2, 0) is 6.61 Å². The lowest BCUT2D eigenvalue weighted by atomic mass is 10.0. The summed E-state index contributed by atoms with van der Waals surface area (Å²) in [5.41, 5.74) is 4.45. The average Bonchev–Trinajstić information content (AvgIpc) is 3.49. The maximum Gasteiger partial charge on any atom is 0.254 e. The molecule has 0 aliphatic carbocycles. The van der Waals surface area contributed by atoms with Gasteiger partial charge in [0.15, 0.2) is 11.5 Å². The highest BCUT2D eigenvalue weighted by Gasteiger charge is 2.31. The van der Waals surface area contributed by atoms with Crippen LogP contribution in [0.4, 0.5) is 0 Å². The van der Waals surface area contributed by atoms with Crippen molar-refractivity contribution >= 4 is 17.2 Å². The highest BCUT2D eigenvalue weighted by Crippen LogP contribution is 2.38. The number of fused-ring (bicyclic) bond motifs is 1. The van der Waals surface area contributed by atoms with E-state index in [0.717, 1.165) is 47.9 Å². The minimum Gasteiger partial charge on any atom is -0.487 e. The van der Waals surface area contributed by atoms with E-state index in [1.54, 1.807) is 16.8 Å². The van der Waals surface area contributed by atoms with E-state index >= 15 is 0 Å². The van der Waals surface area contributed by atoms with Crippen molar-refractivity contribution in [1.29, 1.82) is 0 Å². The summed E-state index contributed by atoms with van der Waals surface area (Å²) < 4.78 is 17.1. The lowest BCUT2D eigenvalue weighted by molar-refractivity contribution is 0.0735. The van der Waals surface area contributed by atoms with Gasteiger partial charge in [-0.1, -0.05) is 6.07 Å². The minimum absolute atomic E-state index is 0.0402. The molecular formula is C23H22N2O4S. The molecule has 1 aromatic heterocycles. The van der Waals surface area contributed by atoms with Gasteiger partial charge < -0.3 is 19.1 Å². The molecule has 6 nitrogen and oxygen atoms in total. The van der Waals surface area contributed by atoms with E-state index < -0.39 is 0 Å². The van der Waals surface area contributed by atoms with Crippen LogP contribution in [-0.4, -0.2) is 35.5 Å². The largest absolute Gasteiger partial charge is 0.487 e. The van der Waals surface area contributed by atoms with E-state index in [1.165, 1.54) is 0 Å². The number of aromatic nitrogens is 1. The van der Waals surface area contributed by atoms with E-state index in [4.69, 9.17) is 14.2 Å². The second kappa shape index (κ2) is 8.36. The first-order valence-corrected chi connectivity index (χ1v) is 11.0. The molecule has 2 aromatic carbocycles. The van der Waals surface area contributed by atoms with Crippen molar-refractivity contribution in [2.75, 3.05) is 19.8 Å². The van der Waals surface area contributed by atoms with Gasteiger partial charge in [-0.25, -0.2) is 4.98 Å². The fraction of sp³-hybridized carbons (Fsp3) is 0.304. The van der Waals surface area contributed by atoms with Gasteiger partial charge >= 0.3 is 0 Å². The zero-order valence-electron chi connectivity index (χ0n) is 16.5. The lowest BCUT2D eigenvalue weighted by Gasteiger charge is -2.27. The molecule has 7 heteroatoms. The van der Waals surface area contributed by atoms with Crippen molar-refractivity contribution in [3.63, 3.8) is 0 Å². The van der Waals surface area contributed by atoms with Crippen molar-refractivity contribution in [3.8, 4) is 17.2 Å². The number of benzene rings is 2. The molecule has 2 aliphatic heterocycles. The molecule has 1 saturated heterocycles. The Morgan fingerprint density at radius 2 is 1.97 bits per heavy atom. The van der Waals surface area contributed by atoms with Crippen LogP contribution in [0.2, 0.25) is 0 Å². The zero-order valence-corrected chi connectivity index (χ0v) is 17.3. The van der Waals surface area contributed by atoms with Crippen LogP contribution in [0.25, 0.3) is 0 Å². The number of carbonyl (C=O) groups excluding carboxylic acids is 1. The molecule has 0 saturated carbocycles. The second-order valence-corrected chi connectivity index (χ2v) is 8.07. The summed E-state index contributed by atoms with van der Waals surface area (Å²) in [4.78, 5) is 19.4. The van der Waals surface area contributed by atoms with Crippen molar-refractivity contribution in [2.45, 2.75) is 25.5 Å². The second-order valence-electron chi connectivity index (χ2n) is 7.35. The van der Waals surface area contributed by atoms with Crippen LogP contribution < -0.4 is 14.2 Å².